The third-order valence-corrected chi connectivity index (χ3v) is 5.36. The van der Waals surface area contributed by atoms with Crippen LogP contribution >= 0.6 is 11.6 Å². The highest BCUT2D eigenvalue weighted by atomic mass is 35.5. The number of para-hydroxylation sites is 1. The lowest BCUT2D eigenvalue weighted by atomic mass is 10.1. The number of rotatable bonds is 3. The summed E-state index contributed by atoms with van der Waals surface area (Å²) >= 11 is 5.86. The summed E-state index contributed by atoms with van der Waals surface area (Å²) in [6.07, 6.45) is 4.31. The second kappa shape index (κ2) is 9.65. The normalized spacial score (nSPS) is 15.3. The molecule has 2 aromatic carbocycles. The van der Waals surface area contributed by atoms with Gasteiger partial charge in [0.15, 0.2) is 5.65 Å². The number of phenols is 1. The maximum atomic E-state index is 12.4. The number of nitrogens with one attached hydrogen (secondary N) is 1. The monoisotopic (exact) mass is 453 g/mol. The number of imidazole rings is 1. The number of phenolic OH excluding ortho intramolecular Hbond substituents is 1. The van der Waals surface area contributed by atoms with Crippen LogP contribution in [0.1, 0.15) is 16.8 Å². The number of carbonyl (C=O) groups is 1. The van der Waals surface area contributed by atoms with Gasteiger partial charge >= 0.3 is 0 Å². The van der Waals surface area contributed by atoms with Crippen molar-refractivity contribution in [3.8, 4) is 5.75 Å². The highest BCUT2D eigenvalue weighted by Crippen LogP contribution is 2.27. The second-order valence-electron chi connectivity index (χ2n) is 7.26. The van der Waals surface area contributed by atoms with Crippen molar-refractivity contribution in [2.24, 2.45) is 0 Å². The van der Waals surface area contributed by atoms with Gasteiger partial charge in [0.1, 0.15) is 17.4 Å². The molecule has 1 atom stereocenters. The predicted molar refractivity (Wildman–Crippen MR) is 121 cm³/mol. The molecule has 164 valence electrons. The fourth-order valence-electron chi connectivity index (χ4n) is 3.44. The van der Waals surface area contributed by atoms with Gasteiger partial charge in [-0.2, -0.15) is 0 Å². The summed E-state index contributed by atoms with van der Waals surface area (Å²) in [5, 5.41) is 17.6. The molecule has 32 heavy (non-hydrogen) atoms. The molecular formula is C23H21ClFN5O2. The maximum absolute atomic E-state index is 12.4. The van der Waals surface area contributed by atoms with Crippen LogP contribution in [-0.4, -0.2) is 44.7 Å². The number of anilines is 1. The Balaban J connectivity index is 0.000000300. The number of aromatic hydroxyl groups is 1. The fourth-order valence-corrected chi connectivity index (χ4v) is 3.61. The van der Waals surface area contributed by atoms with Crippen LogP contribution in [0.4, 0.5) is 10.2 Å². The third kappa shape index (κ3) is 4.97. The number of amides is 1. The Bertz CT molecular complexity index is 1220. The zero-order valence-electron chi connectivity index (χ0n) is 17.0. The van der Waals surface area contributed by atoms with Crippen molar-refractivity contribution in [2.75, 3.05) is 18.0 Å². The lowest BCUT2D eigenvalue weighted by Crippen LogP contribution is -2.37. The molecule has 0 bridgehead atoms. The number of fused-ring (bicyclic) bond motifs is 1. The van der Waals surface area contributed by atoms with Crippen molar-refractivity contribution in [2.45, 2.75) is 12.5 Å². The van der Waals surface area contributed by atoms with Gasteiger partial charge in [-0.25, -0.2) is 13.9 Å². The summed E-state index contributed by atoms with van der Waals surface area (Å²) in [5.41, 5.74) is 0.980. The molecule has 0 saturated carbocycles. The number of halogens is 2. The van der Waals surface area contributed by atoms with Crippen LogP contribution in [-0.2, 0) is 0 Å². The molecule has 5 rings (SSSR count). The SMILES string of the molecule is Fc1ccccc1.O=C(N[C@H]1CCN(c2ccc3nccn3n2)C1)c1cccc(Cl)c1O. The number of carbonyl (C=O) groups excluding carboxylic acids is 1. The van der Waals surface area contributed by atoms with E-state index in [1.807, 2.05) is 12.1 Å². The molecule has 0 radical (unpaired) electrons. The zero-order valence-corrected chi connectivity index (χ0v) is 17.8. The number of aromatic nitrogens is 3. The minimum atomic E-state index is -0.329. The molecule has 0 aliphatic carbocycles. The van der Waals surface area contributed by atoms with Crippen molar-refractivity contribution in [3.63, 3.8) is 0 Å². The molecular weight excluding hydrogens is 433 g/mol. The zero-order chi connectivity index (χ0) is 22.5. The summed E-state index contributed by atoms with van der Waals surface area (Å²) in [7, 11) is 0. The summed E-state index contributed by atoms with van der Waals surface area (Å²) < 4.78 is 13.6. The van der Waals surface area contributed by atoms with Crippen LogP contribution in [0.25, 0.3) is 5.65 Å². The van der Waals surface area contributed by atoms with Crippen LogP contribution in [0, 0.1) is 5.82 Å². The second-order valence-corrected chi connectivity index (χ2v) is 7.67. The van der Waals surface area contributed by atoms with E-state index in [1.54, 1.807) is 53.3 Å². The first-order valence-electron chi connectivity index (χ1n) is 10.1. The molecule has 7 nitrogen and oxygen atoms in total. The van der Waals surface area contributed by atoms with Gasteiger partial charge in [-0.1, -0.05) is 35.9 Å². The Hall–Kier alpha value is -3.65. The summed E-state index contributed by atoms with van der Waals surface area (Å²) in [6.45, 7) is 1.44. The van der Waals surface area contributed by atoms with E-state index in [9.17, 15) is 14.3 Å². The molecule has 3 heterocycles. The van der Waals surface area contributed by atoms with Gasteiger partial charge < -0.3 is 15.3 Å². The molecule has 4 aromatic rings. The molecule has 1 aliphatic rings. The topological polar surface area (TPSA) is 82.8 Å². The Morgan fingerprint density at radius 3 is 2.69 bits per heavy atom. The van der Waals surface area contributed by atoms with Gasteiger partial charge in [0.05, 0.1) is 10.6 Å². The highest BCUT2D eigenvalue weighted by Gasteiger charge is 2.26. The van der Waals surface area contributed by atoms with Crippen LogP contribution in [0.3, 0.4) is 0 Å². The van der Waals surface area contributed by atoms with Crippen molar-refractivity contribution in [1.29, 1.82) is 0 Å². The van der Waals surface area contributed by atoms with E-state index in [0.717, 1.165) is 24.4 Å². The van der Waals surface area contributed by atoms with E-state index in [0.29, 0.717) is 6.54 Å². The van der Waals surface area contributed by atoms with Gasteiger partial charge in [-0.05, 0) is 42.8 Å². The smallest absolute Gasteiger partial charge is 0.255 e. The average molecular weight is 454 g/mol. The molecule has 0 unspecified atom stereocenters. The van der Waals surface area contributed by atoms with Crippen LogP contribution in [0.5, 0.6) is 5.75 Å². The summed E-state index contributed by atoms with van der Waals surface area (Å²) in [6, 6.07) is 16.5. The van der Waals surface area contributed by atoms with Gasteiger partial charge in [-0.3, -0.25) is 4.79 Å². The van der Waals surface area contributed by atoms with E-state index >= 15 is 0 Å². The molecule has 0 spiro atoms. The number of benzene rings is 2. The summed E-state index contributed by atoms with van der Waals surface area (Å²) in [4.78, 5) is 18.7. The lowest BCUT2D eigenvalue weighted by molar-refractivity contribution is 0.0937. The van der Waals surface area contributed by atoms with Gasteiger partial charge in [0, 0.05) is 31.5 Å². The van der Waals surface area contributed by atoms with E-state index < -0.39 is 0 Å². The lowest BCUT2D eigenvalue weighted by Gasteiger charge is -2.18. The highest BCUT2D eigenvalue weighted by molar-refractivity contribution is 6.32. The quantitative estimate of drug-likeness (QED) is 0.491. The Morgan fingerprint density at radius 1 is 1.12 bits per heavy atom. The van der Waals surface area contributed by atoms with Gasteiger partial charge in [0.25, 0.3) is 5.91 Å². The number of hydrogen-bond acceptors (Lipinski definition) is 5. The predicted octanol–water partition coefficient (Wildman–Crippen LogP) is 3.92. The molecule has 1 aliphatic heterocycles. The number of hydrogen-bond donors (Lipinski definition) is 2. The largest absolute Gasteiger partial charge is 0.506 e. The Labute approximate surface area is 189 Å². The first-order valence-corrected chi connectivity index (χ1v) is 10.4. The van der Waals surface area contributed by atoms with Crippen molar-refractivity contribution in [3.05, 3.63) is 89.5 Å². The first kappa shape index (κ1) is 21.6. The molecule has 1 amide bonds. The van der Waals surface area contributed by atoms with Crippen LogP contribution in [0.15, 0.2) is 73.1 Å². The van der Waals surface area contributed by atoms with Crippen molar-refractivity contribution >= 4 is 29.0 Å². The Kier molecular flexibility index (Phi) is 6.51. The minimum absolute atomic E-state index is 0.0221. The Morgan fingerprint density at radius 2 is 1.94 bits per heavy atom. The van der Waals surface area contributed by atoms with Gasteiger partial charge in [0.2, 0.25) is 0 Å². The minimum Gasteiger partial charge on any atom is -0.506 e. The van der Waals surface area contributed by atoms with Crippen molar-refractivity contribution in [1.82, 2.24) is 19.9 Å². The van der Waals surface area contributed by atoms with E-state index in [4.69, 9.17) is 11.6 Å². The average Bonchev–Trinajstić information content (AvgIpc) is 3.45. The molecule has 2 N–H and O–H groups in total. The van der Waals surface area contributed by atoms with Crippen molar-refractivity contribution < 1.29 is 14.3 Å². The third-order valence-electron chi connectivity index (χ3n) is 5.05. The van der Waals surface area contributed by atoms with Crippen LogP contribution in [0.2, 0.25) is 5.02 Å². The standard InChI is InChI=1S/C17H16ClN5O2.C6H5F/c18-13-3-1-2-12(16(13)24)17(25)20-11-6-8-22(10-11)15-5-4-14-19-7-9-23(14)21-15;7-6-4-2-1-3-5-6/h1-5,7,9,11,24H,6,8,10H2,(H,20,25);1-5H/t11-;/m0./s1. The molecule has 1 saturated heterocycles. The van der Waals surface area contributed by atoms with Gasteiger partial charge in [-0.15, -0.1) is 5.10 Å². The van der Waals surface area contributed by atoms with E-state index in [1.165, 1.54) is 12.1 Å². The maximum Gasteiger partial charge on any atom is 0.255 e. The summed E-state index contributed by atoms with van der Waals surface area (Å²) in [5.74, 6) is 0.143. The number of nitrogens with zero attached hydrogens (tertiary/aromatic N) is 4. The van der Waals surface area contributed by atoms with E-state index in [2.05, 4.69) is 20.3 Å². The fraction of sp³-hybridized carbons (Fsp3) is 0.174. The molecule has 1 fully saturated rings. The van der Waals surface area contributed by atoms with E-state index in [-0.39, 0.29) is 34.1 Å². The first-order chi connectivity index (χ1) is 15.5. The molecule has 9 heteroatoms. The van der Waals surface area contributed by atoms with Crippen LogP contribution < -0.4 is 10.2 Å². The molecule has 2 aromatic heterocycles.